The molecule has 0 unspecified atom stereocenters. The molecule has 0 aliphatic heterocycles. The minimum Gasteiger partial charge on any atom is -0.228 e. The van der Waals surface area contributed by atoms with Gasteiger partial charge in [0.2, 0.25) is 0 Å². The first-order chi connectivity index (χ1) is 9.84. The van der Waals surface area contributed by atoms with Crippen LogP contribution >= 0.6 is 0 Å². The molecule has 2 aromatic heterocycles. The third-order valence-corrected chi connectivity index (χ3v) is 3.54. The van der Waals surface area contributed by atoms with Gasteiger partial charge in [0.15, 0.2) is 5.82 Å². The van der Waals surface area contributed by atoms with Gasteiger partial charge in [-0.05, 0) is 18.6 Å². The second-order valence-corrected chi connectivity index (χ2v) is 4.80. The molecule has 0 fully saturated rings. The number of rotatable bonds is 1. The Hall–Kier alpha value is -2.75. The zero-order valence-electron chi connectivity index (χ0n) is 11.0. The number of para-hydroxylation sites is 1. The van der Waals surface area contributed by atoms with Gasteiger partial charge >= 0.3 is 0 Å². The largest absolute Gasteiger partial charge is 0.228 e. The van der Waals surface area contributed by atoms with Crippen molar-refractivity contribution < 1.29 is 0 Å². The topological polar surface area (TPSA) is 43.1 Å². The van der Waals surface area contributed by atoms with Crippen molar-refractivity contribution in [1.29, 1.82) is 0 Å². The third-order valence-electron chi connectivity index (χ3n) is 3.54. The molecule has 4 nitrogen and oxygen atoms in total. The third kappa shape index (κ3) is 1.51. The second kappa shape index (κ2) is 4.13. The van der Waals surface area contributed by atoms with Crippen LogP contribution in [0.15, 0.2) is 54.7 Å². The molecule has 20 heavy (non-hydrogen) atoms. The summed E-state index contributed by atoms with van der Waals surface area (Å²) >= 11 is 0. The molecule has 0 saturated carbocycles. The fourth-order valence-corrected chi connectivity index (χ4v) is 2.52. The predicted octanol–water partition coefficient (Wildman–Crippen LogP) is 3.25. The summed E-state index contributed by atoms with van der Waals surface area (Å²) in [4.78, 5) is 4.77. The Kier molecular flexibility index (Phi) is 2.29. The molecule has 0 amide bonds. The zero-order valence-corrected chi connectivity index (χ0v) is 11.0. The lowest BCUT2D eigenvalue weighted by molar-refractivity contribution is 0.848. The van der Waals surface area contributed by atoms with Gasteiger partial charge in [-0.2, -0.15) is 4.52 Å². The number of nitrogens with zero attached hydrogens (tertiary/aromatic N) is 4. The summed E-state index contributed by atoms with van der Waals surface area (Å²) in [6, 6.07) is 16.2. The molecule has 0 aliphatic rings. The first-order valence-electron chi connectivity index (χ1n) is 6.50. The normalized spacial score (nSPS) is 11.2. The first kappa shape index (κ1) is 11.1. The van der Waals surface area contributed by atoms with Gasteiger partial charge in [0, 0.05) is 10.9 Å². The Morgan fingerprint density at radius 3 is 2.65 bits per heavy atom. The van der Waals surface area contributed by atoms with Crippen molar-refractivity contribution >= 4 is 16.4 Å². The number of benzene rings is 2. The van der Waals surface area contributed by atoms with E-state index in [1.54, 1.807) is 6.20 Å². The van der Waals surface area contributed by atoms with Crippen LogP contribution in [-0.4, -0.2) is 19.8 Å². The quantitative estimate of drug-likeness (QED) is 0.527. The molecule has 0 radical (unpaired) electrons. The lowest BCUT2D eigenvalue weighted by Crippen LogP contribution is -2.00. The van der Waals surface area contributed by atoms with E-state index in [1.807, 2.05) is 40.9 Å². The van der Waals surface area contributed by atoms with E-state index in [4.69, 9.17) is 4.98 Å². The van der Waals surface area contributed by atoms with E-state index in [0.29, 0.717) is 0 Å². The van der Waals surface area contributed by atoms with Gasteiger partial charge in [0.25, 0.3) is 0 Å². The maximum absolute atomic E-state index is 4.77. The molecular formula is C16H12N4. The number of aromatic nitrogens is 4. The fraction of sp³-hybridized carbons (Fsp3) is 0.0625. The van der Waals surface area contributed by atoms with Crippen LogP contribution in [0.4, 0.5) is 0 Å². The number of aryl methyl sites for hydroxylation is 1. The van der Waals surface area contributed by atoms with Crippen LogP contribution in [-0.2, 0) is 0 Å². The molecule has 0 bridgehead atoms. The second-order valence-electron chi connectivity index (χ2n) is 4.80. The Labute approximate surface area is 115 Å². The van der Waals surface area contributed by atoms with Crippen LogP contribution in [0.3, 0.4) is 0 Å². The van der Waals surface area contributed by atoms with Crippen LogP contribution in [0.5, 0.6) is 0 Å². The van der Waals surface area contributed by atoms with Crippen LogP contribution < -0.4 is 0 Å². The van der Waals surface area contributed by atoms with Crippen LogP contribution in [0, 0.1) is 6.92 Å². The van der Waals surface area contributed by atoms with Crippen molar-refractivity contribution in [1.82, 2.24) is 19.8 Å². The molecule has 0 spiro atoms. The van der Waals surface area contributed by atoms with Crippen LogP contribution in [0.1, 0.15) is 5.56 Å². The van der Waals surface area contributed by atoms with Gasteiger partial charge in [-0.25, -0.2) is 4.98 Å². The van der Waals surface area contributed by atoms with Gasteiger partial charge in [0.1, 0.15) is 0 Å². The van der Waals surface area contributed by atoms with E-state index in [-0.39, 0.29) is 0 Å². The lowest BCUT2D eigenvalue weighted by Gasteiger charge is -2.08. The standard InChI is InChI=1S/C16H12N4/c1-11-6-2-3-7-12(11)16-18-14-9-5-4-8-13(14)15-10-17-19-20(15)16/h2-10H,1H3. The van der Waals surface area contributed by atoms with E-state index >= 15 is 0 Å². The van der Waals surface area contributed by atoms with Gasteiger partial charge in [-0.1, -0.05) is 47.7 Å². The molecule has 4 rings (SSSR count). The lowest BCUT2D eigenvalue weighted by atomic mass is 10.1. The van der Waals surface area contributed by atoms with Crippen molar-refractivity contribution in [2.75, 3.05) is 0 Å². The highest BCUT2D eigenvalue weighted by Crippen LogP contribution is 2.26. The van der Waals surface area contributed by atoms with Crippen molar-refractivity contribution in [3.05, 3.63) is 60.3 Å². The minimum atomic E-state index is 0.828. The van der Waals surface area contributed by atoms with Gasteiger partial charge < -0.3 is 0 Å². The Bertz CT molecular complexity index is 924. The monoisotopic (exact) mass is 260 g/mol. The van der Waals surface area contributed by atoms with E-state index < -0.39 is 0 Å². The molecule has 0 saturated heterocycles. The number of hydrogen-bond acceptors (Lipinski definition) is 3. The molecule has 4 aromatic rings. The molecule has 2 aromatic carbocycles. The zero-order chi connectivity index (χ0) is 13.5. The van der Waals surface area contributed by atoms with Crippen molar-refractivity contribution in [2.45, 2.75) is 6.92 Å². The SMILES string of the molecule is Cc1ccccc1-c1nc2ccccc2c2cnnn12. The Morgan fingerprint density at radius 2 is 1.75 bits per heavy atom. The first-order valence-corrected chi connectivity index (χ1v) is 6.50. The number of fused-ring (bicyclic) bond motifs is 3. The minimum absolute atomic E-state index is 0.828. The highest BCUT2D eigenvalue weighted by Gasteiger charge is 2.12. The maximum Gasteiger partial charge on any atom is 0.163 e. The van der Waals surface area contributed by atoms with E-state index in [0.717, 1.165) is 27.8 Å². The number of hydrogen-bond donors (Lipinski definition) is 0. The van der Waals surface area contributed by atoms with Crippen LogP contribution in [0.2, 0.25) is 0 Å². The smallest absolute Gasteiger partial charge is 0.163 e. The summed E-state index contributed by atoms with van der Waals surface area (Å²) < 4.78 is 1.81. The molecule has 2 heterocycles. The highest BCUT2D eigenvalue weighted by atomic mass is 15.4. The highest BCUT2D eigenvalue weighted by molar-refractivity contribution is 5.94. The summed E-state index contributed by atoms with van der Waals surface area (Å²) in [7, 11) is 0. The average molecular weight is 260 g/mol. The molecule has 0 N–H and O–H groups in total. The predicted molar refractivity (Wildman–Crippen MR) is 78.5 cm³/mol. The van der Waals surface area contributed by atoms with Crippen LogP contribution in [0.25, 0.3) is 27.8 Å². The maximum atomic E-state index is 4.77. The summed E-state index contributed by atoms with van der Waals surface area (Å²) in [5.74, 6) is 0.828. The summed E-state index contributed by atoms with van der Waals surface area (Å²) in [6.45, 7) is 2.08. The van der Waals surface area contributed by atoms with E-state index in [9.17, 15) is 0 Å². The summed E-state index contributed by atoms with van der Waals surface area (Å²) in [5, 5.41) is 9.30. The Morgan fingerprint density at radius 1 is 0.950 bits per heavy atom. The summed E-state index contributed by atoms with van der Waals surface area (Å²) in [6.07, 6.45) is 1.78. The van der Waals surface area contributed by atoms with E-state index in [1.165, 1.54) is 5.56 Å². The fourth-order valence-electron chi connectivity index (χ4n) is 2.52. The molecule has 4 heteroatoms. The average Bonchev–Trinajstić information content (AvgIpc) is 2.97. The van der Waals surface area contributed by atoms with E-state index in [2.05, 4.69) is 29.4 Å². The van der Waals surface area contributed by atoms with Crippen molar-refractivity contribution in [3.63, 3.8) is 0 Å². The van der Waals surface area contributed by atoms with Gasteiger partial charge in [-0.15, -0.1) is 5.10 Å². The van der Waals surface area contributed by atoms with Crippen molar-refractivity contribution in [2.24, 2.45) is 0 Å². The van der Waals surface area contributed by atoms with Gasteiger partial charge in [-0.3, -0.25) is 0 Å². The summed E-state index contributed by atoms with van der Waals surface area (Å²) in [5.41, 5.74) is 4.19. The Balaban J connectivity index is 2.17. The molecule has 96 valence electrons. The molecule has 0 aliphatic carbocycles. The molecule has 0 atom stereocenters. The van der Waals surface area contributed by atoms with Crippen molar-refractivity contribution in [3.8, 4) is 11.4 Å². The molecular weight excluding hydrogens is 248 g/mol. The van der Waals surface area contributed by atoms with Gasteiger partial charge in [0.05, 0.1) is 17.2 Å².